The summed E-state index contributed by atoms with van der Waals surface area (Å²) < 4.78 is 5.38. The van der Waals surface area contributed by atoms with Crippen LogP contribution in [0.4, 0.5) is 0 Å². The Morgan fingerprint density at radius 1 is 1.47 bits per heavy atom. The van der Waals surface area contributed by atoms with Crippen LogP contribution in [0, 0.1) is 0 Å². The van der Waals surface area contributed by atoms with E-state index in [0.29, 0.717) is 24.6 Å². The lowest BCUT2D eigenvalue weighted by atomic mass is 9.76. The molecule has 5 nitrogen and oxygen atoms in total. The van der Waals surface area contributed by atoms with Crippen LogP contribution in [0.5, 0.6) is 0 Å². The van der Waals surface area contributed by atoms with E-state index < -0.39 is 5.54 Å². The van der Waals surface area contributed by atoms with Crippen LogP contribution in [-0.2, 0) is 17.8 Å². The van der Waals surface area contributed by atoms with Gasteiger partial charge in [0.1, 0.15) is 0 Å². The summed E-state index contributed by atoms with van der Waals surface area (Å²) in [5, 5.41) is 0.510. The quantitative estimate of drug-likeness (QED) is 0.789. The first-order valence-electron chi connectivity index (χ1n) is 6.77. The fourth-order valence-corrected chi connectivity index (χ4v) is 3.91. The molecule has 0 bridgehead atoms. The molecule has 1 aromatic rings. The van der Waals surface area contributed by atoms with Gasteiger partial charge >= 0.3 is 0 Å². The topological polar surface area (TPSA) is 91.2 Å². The fourth-order valence-electron chi connectivity index (χ4n) is 2.83. The molecule has 6 heteroatoms. The maximum Gasteiger partial charge on any atom is 0.212 e. The predicted molar refractivity (Wildman–Crippen MR) is 73.2 cm³/mol. The van der Waals surface area contributed by atoms with Crippen molar-refractivity contribution >= 4 is 17.1 Å². The van der Waals surface area contributed by atoms with Crippen LogP contribution in [0.15, 0.2) is 0 Å². The van der Waals surface area contributed by atoms with Crippen LogP contribution in [0.25, 0.3) is 0 Å². The number of Topliss-reactive ketones (excluding diaryl/α,β-unsaturated/α-hetero) is 1. The highest BCUT2D eigenvalue weighted by atomic mass is 32.1. The Hall–Kier alpha value is -0.820. The largest absolute Gasteiger partial charge is 0.375 e. The Labute approximate surface area is 116 Å². The molecule has 3 rings (SSSR count). The summed E-state index contributed by atoms with van der Waals surface area (Å²) in [5.74, 6) is -0.0842. The SMILES string of the molecule is NC1CCCCC1(N)C(=O)c1nc2c(s1)COCC2. The second kappa shape index (κ2) is 4.94. The second-order valence-corrected chi connectivity index (χ2v) is 6.50. The van der Waals surface area contributed by atoms with Crippen LogP contribution in [0.2, 0.25) is 0 Å². The van der Waals surface area contributed by atoms with Crippen molar-refractivity contribution in [3.05, 3.63) is 15.6 Å². The highest BCUT2D eigenvalue weighted by Gasteiger charge is 2.43. The molecule has 0 amide bonds. The van der Waals surface area contributed by atoms with E-state index in [-0.39, 0.29) is 11.8 Å². The third-order valence-corrected chi connectivity index (χ3v) is 5.20. The van der Waals surface area contributed by atoms with Gasteiger partial charge in [-0.2, -0.15) is 0 Å². The van der Waals surface area contributed by atoms with Gasteiger partial charge in [-0.25, -0.2) is 4.98 Å². The van der Waals surface area contributed by atoms with Crippen LogP contribution in [0.1, 0.15) is 46.1 Å². The van der Waals surface area contributed by atoms with Crippen molar-refractivity contribution < 1.29 is 9.53 Å². The molecule has 2 heterocycles. The van der Waals surface area contributed by atoms with Crippen LogP contribution in [-0.4, -0.2) is 29.0 Å². The first-order valence-corrected chi connectivity index (χ1v) is 7.58. The zero-order chi connectivity index (χ0) is 13.5. The molecule has 1 aliphatic heterocycles. The summed E-state index contributed by atoms with van der Waals surface area (Å²) in [7, 11) is 0. The highest BCUT2D eigenvalue weighted by molar-refractivity contribution is 7.13. The van der Waals surface area contributed by atoms with Crippen LogP contribution >= 0.6 is 11.3 Å². The lowest BCUT2D eigenvalue weighted by Crippen LogP contribution is -2.62. The number of hydrogen-bond acceptors (Lipinski definition) is 6. The molecule has 1 fully saturated rings. The number of thiazole rings is 1. The molecule has 2 aliphatic rings. The molecule has 1 aromatic heterocycles. The minimum atomic E-state index is -0.931. The zero-order valence-corrected chi connectivity index (χ0v) is 11.7. The van der Waals surface area contributed by atoms with Crippen molar-refractivity contribution in [2.24, 2.45) is 11.5 Å². The standard InChI is InChI=1S/C13H19N3O2S/c14-10-3-1-2-5-13(10,15)11(17)12-16-8-4-6-18-7-9(8)19-12/h10H,1-7,14-15H2. The fraction of sp³-hybridized carbons (Fsp3) is 0.692. The van der Waals surface area contributed by atoms with Crippen LogP contribution in [0.3, 0.4) is 0 Å². The van der Waals surface area contributed by atoms with E-state index in [1.165, 1.54) is 11.3 Å². The Kier molecular flexibility index (Phi) is 3.42. The maximum absolute atomic E-state index is 12.7. The lowest BCUT2D eigenvalue weighted by molar-refractivity contribution is 0.0821. The molecule has 0 radical (unpaired) electrons. The van der Waals surface area contributed by atoms with Crippen molar-refractivity contribution in [2.75, 3.05) is 6.61 Å². The smallest absolute Gasteiger partial charge is 0.212 e. The summed E-state index contributed by atoms with van der Waals surface area (Å²) in [6.07, 6.45) is 4.27. The van der Waals surface area contributed by atoms with E-state index >= 15 is 0 Å². The van der Waals surface area contributed by atoms with Crippen molar-refractivity contribution in [3.8, 4) is 0 Å². The third kappa shape index (κ3) is 2.23. The first-order chi connectivity index (χ1) is 9.11. The summed E-state index contributed by atoms with van der Waals surface area (Å²) >= 11 is 1.42. The van der Waals surface area contributed by atoms with Gasteiger partial charge < -0.3 is 16.2 Å². The Balaban J connectivity index is 1.88. The number of hydrogen-bond donors (Lipinski definition) is 2. The molecule has 2 atom stereocenters. The maximum atomic E-state index is 12.7. The van der Waals surface area contributed by atoms with Gasteiger partial charge in [0.25, 0.3) is 0 Å². The average molecular weight is 281 g/mol. The van der Waals surface area contributed by atoms with E-state index in [4.69, 9.17) is 16.2 Å². The molecule has 2 unspecified atom stereocenters. The molecule has 0 aromatic carbocycles. The molecule has 19 heavy (non-hydrogen) atoms. The lowest BCUT2D eigenvalue weighted by Gasteiger charge is -2.36. The van der Waals surface area contributed by atoms with E-state index in [1.54, 1.807) is 0 Å². The Morgan fingerprint density at radius 3 is 3.05 bits per heavy atom. The number of carbonyl (C=O) groups excluding carboxylic acids is 1. The van der Waals surface area contributed by atoms with Gasteiger partial charge in [-0.05, 0) is 12.8 Å². The van der Waals surface area contributed by atoms with E-state index in [9.17, 15) is 4.79 Å². The van der Waals surface area contributed by atoms with Gasteiger partial charge in [0.15, 0.2) is 5.01 Å². The molecule has 1 aliphatic carbocycles. The van der Waals surface area contributed by atoms with Gasteiger partial charge in [0.05, 0.1) is 29.3 Å². The number of nitrogens with two attached hydrogens (primary N) is 2. The molecular formula is C13H19N3O2S. The summed E-state index contributed by atoms with van der Waals surface area (Å²) in [6, 6.07) is -0.258. The molecule has 1 saturated carbocycles. The molecule has 0 saturated heterocycles. The minimum absolute atomic E-state index is 0.0842. The Bertz CT molecular complexity index is 479. The van der Waals surface area contributed by atoms with Crippen molar-refractivity contribution in [1.82, 2.24) is 4.98 Å². The zero-order valence-electron chi connectivity index (χ0n) is 10.9. The van der Waals surface area contributed by atoms with Crippen molar-refractivity contribution in [1.29, 1.82) is 0 Å². The summed E-state index contributed by atoms with van der Waals surface area (Å²) in [5.41, 5.74) is 12.4. The summed E-state index contributed by atoms with van der Waals surface area (Å²) in [4.78, 5) is 18.2. The van der Waals surface area contributed by atoms with Crippen LogP contribution < -0.4 is 11.5 Å². The van der Waals surface area contributed by atoms with Gasteiger partial charge in [0.2, 0.25) is 5.78 Å². The number of fused-ring (bicyclic) bond motifs is 1. The highest BCUT2D eigenvalue weighted by Crippen LogP contribution is 2.31. The number of aromatic nitrogens is 1. The van der Waals surface area contributed by atoms with Gasteiger partial charge in [-0.3, -0.25) is 4.79 Å². The molecular weight excluding hydrogens is 262 g/mol. The number of rotatable bonds is 2. The predicted octanol–water partition coefficient (Wildman–Crippen LogP) is 0.997. The molecule has 104 valence electrons. The van der Waals surface area contributed by atoms with Crippen molar-refractivity contribution in [2.45, 2.75) is 50.3 Å². The Morgan fingerprint density at radius 2 is 2.32 bits per heavy atom. The second-order valence-electron chi connectivity index (χ2n) is 5.41. The van der Waals surface area contributed by atoms with E-state index in [2.05, 4.69) is 4.98 Å². The molecule has 4 N–H and O–H groups in total. The van der Waals surface area contributed by atoms with E-state index in [1.807, 2.05) is 0 Å². The van der Waals surface area contributed by atoms with Crippen molar-refractivity contribution in [3.63, 3.8) is 0 Å². The first kappa shape index (κ1) is 13.2. The number of carbonyl (C=O) groups is 1. The summed E-state index contributed by atoms with van der Waals surface area (Å²) in [6.45, 7) is 1.24. The van der Waals surface area contributed by atoms with Gasteiger partial charge in [-0.15, -0.1) is 11.3 Å². The van der Waals surface area contributed by atoms with Gasteiger partial charge in [-0.1, -0.05) is 12.8 Å². The van der Waals surface area contributed by atoms with E-state index in [0.717, 1.165) is 36.3 Å². The normalized spacial score (nSPS) is 30.9. The molecule has 0 spiro atoms. The van der Waals surface area contributed by atoms with Gasteiger partial charge in [0, 0.05) is 12.5 Å². The number of ketones is 1. The third-order valence-electron chi connectivity index (χ3n) is 4.13. The average Bonchev–Trinajstić information content (AvgIpc) is 2.85. The monoisotopic (exact) mass is 281 g/mol. The number of nitrogens with zero attached hydrogens (tertiary/aromatic N) is 1. The number of ether oxygens (including phenoxy) is 1. The minimum Gasteiger partial charge on any atom is -0.375 e.